The predicted molar refractivity (Wildman–Crippen MR) is 256 cm³/mol. The summed E-state index contributed by atoms with van der Waals surface area (Å²) in [7, 11) is 0. The largest absolute Gasteiger partial charge is 1.00 e. The van der Waals surface area contributed by atoms with Gasteiger partial charge in [-0.2, -0.15) is 4.58 Å². The molecule has 6 rings (SSSR count). The molecule has 0 spiro atoms. The second kappa shape index (κ2) is 23.5. The van der Waals surface area contributed by atoms with Gasteiger partial charge in [-0.3, -0.25) is 9.59 Å². The highest BCUT2D eigenvalue weighted by atomic mass is 79.9. The summed E-state index contributed by atoms with van der Waals surface area (Å²) in [4.78, 5) is 24.2. The normalized spacial score (nSPS) is 15.8. The van der Waals surface area contributed by atoms with Crippen molar-refractivity contribution in [2.75, 3.05) is 18.0 Å². The third-order valence-electron chi connectivity index (χ3n) is 13.6. The quantitative estimate of drug-likeness (QED) is 0.0485. The van der Waals surface area contributed by atoms with Gasteiger partial charge in [-0.25, -0.2) is 0 Å². The number of rotatable bonds is 26. The Balaban J connectivity index is 0.00000726. The maximum atomic E-state index is 10.8. The van der Waals surface area contributed by atoms with E-state index in [-0.39, 0.29) is 27.8 Å². The first-order valence-corrected chi connectivity index (χ1v) is 23.8. The van der Waals surface area contributed by atoms with E-state index in [1.807, 2.05) is 0 Å². The summed E-state index contributed by atoms with van der Waals surface area (Å²) in [6.45, 7) is 11.6. The number of halogens is 1. The molecule has 2 aliphatic heterocycles. The molecule has 7 heteroatoms. The second-order valence-electron chi connectivity index (χ2n) is 18.9. The summed E-state index contributed by atoms with van der Waals surface area (Å²) in [5, 5.41) is 23.1. The minimum atomic E-state index is -0.681. The minimum absolute atomic E-state index is 0. The maximum Gasteiger partial charge on any atom is 0.303 e. The van der Waals surface area contributed by atoms with Crippen LogP contribution in [0.2, 0.25) is 0 Å². The Labute approximate surface area is 383 Å². The van der Waals surface area contributed by atoms with Crippen molar-refractivity contribution in [2.45, 2.75) is 167 Å². The number of carboxylic acids is 2. The van der Waals surface area contributed by atoms with Gasteiger partial charge in [-0.05, 0) is 84.8 Å². The zero-order valence-corrected chi connectivity index (χ0v) is 39.8. The fraction of sp³-hybridized carbons (Fsp3) is 0.509. The van der Waals surface area contributed by atoms with Gasteiger partial charge in [0.1, 0.15) is 6.54 Å². The molecule has 2 N–H and O–H groups in total. The topological polar surface area (TPSA) is 80.9 Å². The Kier molecular flexibility index (Phi) is 18.5. The highest BCUT2D eigenvalue weighted by molar-refractivity contribution is 6.07. The van der Waals surface area contributed by atoms with Gasteiger partial charge in [0.15, 0.2) is 5.71 Å². The van der Waals surface area contributed by atoms with Gasteiger partial charge >= 0.3 is 11.9 Å². The predicted octanol–water partition coefficient (Wildman–Crippen LogP) is 11.6. The van der Waals surface area contributed by atoms with Crippen LogP contribution in [0.3, 0.4) is 0 Å². The Morgan fingerprint density at radius 2 is 1.03 bits per heavy atom. The number of nitrogens with zero attached hydrogens (tertiary/aromatic N) is 2. The van der Waals surface area contributed by atoms with Gasteiger partial charge in [0.25, 0.3) is 0 Å². The first kappa shape index (κ1) is 48.8. The third-order valence-corrected chi connectivity index (χ3v) is 13.6. The van der Waals surface area contributed by atoms with E-state index in [1.54, 1.807) is 0 Å². The molecule has 0 fully saturated rings. The van der Waals surface area contributed by atoms with Crippen LogP contribution < -0.4 is 21.9 Å². The molecule has 2 aliphatic rings. The van der Waals surface area contributed by atoms with Crippen molar-refractivity contribution in [1.82, 2.24) is 0 Å². The lowest BCUT2D eigenvalue weighted by Crippen LogP contribution is -3.00. The van der Waals surface area contributed by atoms with Crippen molar-refractivity contribution < 1.29 is 41.4 Å². The minimum Gasteiger partial charge on any atom is -1.00 e. The summed E-state index contributed by atoms with van der Waals surface area (Å²) in [6, 6.07) is 27.1. The van der Waals surface area contributed by atoms with E-state index in [0.717, 1.165) is 64.5 Å². The van der Waals surface area contributed by atoms with Crippen LogP contribution in [0.4, 0.5) is 11.4 Å². The molecule has 334 valence electrons. The van der Waals surface area contributed by atoms with Crippen LogP contribution in [0.5, 0.6) is 0 Å². The van der Waals surface area contributed by atoms with Crippen molar-refractivity contribution in [1.29, 1.82) is 0 Å². The SMILES string of the molecule is CC1(C)C(/C=C/C=C2\N(CCCCCCCCCCCC(=O)O)c3ccc4ccccc4c3C2(C)C)=[N+](CCCCCCCCCCCC(=O)O)c2ccc3ccccc3c21.[Br-]. The van der Waals surface area contributed by atoms with E-state index in [1.165, 1.54) is 120 Å². The summed E-state index contributed by atoms with van der Waals surface area (Å²) in [5.74, 6) is -1.36. The van der Waals surface area contributed by atoms with Crippen molar-refractivity contribution in [3.8, 4) is 0 Å². The summed E-state index contributed by atoms with van der Waals surface area (Å²) >= 11 is 0. The summed E-state index contributed by atoms with van der Waals surface area (Å²) in [6.07, 6.45) is 28.3. The number of fused-ring (bicyclic) bond motifs is 6. The lowest BCUT2D eigenvalue weighted by atomic mass is 9.79. The molecule has 4 aromatic rings. The average molecular weight is 906 g/mol. The van der Waals surface area contributed by atoms with Gasteiger partial charge in [0, 0.05) is 60.3 Å². The summed E-state index contributed by atoms with van der Waals surface area (Å²) in [5.41, 5.74) is 7.97. The fourth-order valence-corrected chi connectivity index (χ4v) is 10.4. The Morgan fingerprint density at radius 1 is 0.565 bits per heavy atom. The lowest BCUT2D eigenvalue weighted by molar-refractivity contribution is -0.438. The number of aliphatic carboxylic acids is 2. The Hall–Kier alpha value is -4.23. The van der Waals surface area contributed by atoms with Crippen LogP contribution >= 0.6 is 0 Å². The molecule has 0 unspecified atom stereocenters. The van der Waals surface area contributed by atoms with Gasteiger partial charge in [-0.15, -0.1) is 0 Å². The van der Waals surface area contributed by atoms with E-state index in [4.69, 9.17) is 10.2 Å². The Morgan fingerprint density at radius 3 is 1.58 bits per heavy atom. The van der Waals surface area contributed by atoms with Gasteiger partial charge in [0.2, 0.25) is 5.69 Å². The molecule has 0 amide bonds. The van der Waals surface area contributed by atoms with Crippen molar-refractivity contribution in [3.05, 3.63) is 108 Å². The molecule has 0 saturated carbocycles. The molecular formula is C55H73BrN2O4. The molecule has 2 heterocycles. The van der Waals surface area contributed by atoms with Crippen LogP contribution in [0.25, 0.3) is 21.5 Å². The molecule has 0 bridgehead atoms. The number of hydrogen-bond acceptors (Lipinski definition) is 3. The van der Waals surface area contributed by atoms with Crippen LogP contribution in [0.1, 0.15) is 167 Å². The molecule has 0 radical (unpaired) electrons. The van der Waals surface area contributed by atoms with Crippen molar-refractivity contribution in [2.24, 2.45) is 0 Å². The van der Waals surface area contributed by atoms with Crippen LogP contribution in [-0.4, -0.2) is 45.5 Å². The van der Waals surface area contributed by atoms with E-state index in [9.17, 15) is 9.59 Å². The number of hydrogen-bond donors (Lipinski definition) is 2. The maximum absolute atomic E-state index is 10.8. The van der Waals surface area contributed by atoms with E-state index in [2.05, 4.69) is 128 Å². The molecule has 0 aliphatic carbocycles. The molecule has 6 nitrogen and oxygen atoms in total. The van der Waals surface area contributed by atoms with E-state index >= 15 is 0 Å². The molecule has 0 saturated heterocycles. The molecule has 62 heavy (non-hydrogen) atoms. The van der Waals surface area contributed by atoms with Crippen LogP contribution in [-0.2, 0) is 20.4 Å². The summed E-state index contributed by atoms with van der Waals surface area (Å²) < 4.78 is 2.62. The molecular weight excluding hydrogens is 833 g/mol. The smallest absolute Gasteiger partial charge is 0.303 e. The average Bonchev–Trinajstić information content (AvgIpc) is 3.59. The van der Waals surface area contributed by atoms with Crippen LogP contribution in [0, 0.1) is 0 Å². The van der Waals surface area contributed by atoms with Gasteiger partial charge in [0.05, 0.1) is 5.41 Å². The second-order valence-corrected chi connectivity index (χ2v) is 18.9. The lowest BCUT2D eigenvalue weighted by Gasteiger charge is -2.27. The van der Waals surface area contributed by atoms with Crippen LogP contribution in [0.15, 0.2) is 96.7 Å². The zero-order valence-electron chi connectivity index (χ0n) is 38.2. The molecule has 0 atom stereocenters. The fourth-order valence-electron chi connectivity index (χ4n) is 10.4. The van der Waals surface area contributed by atoms with Crippen molar-refractivity contribution >= 4 is 50.6 Å². The first-order chi connectivity index (χ1) is 29.5. The van der Waals surface area contributed by atoms with Gasteiger partial charge in [-0.1, -0.05) is 158 Å². The highest BCUT2D eigenvalue weighted by Crippen LogP contribution is 2.51. The third kappa shape index (κ3) is 12.1. The van der Waals surface area contributed by atoms with E-state index < -0.39 is 11.9 Å². The highest BCUT2D eigenvalue weighted by Gasteiger charge is 2.45. The number of benzene rings is 4. The number of allylic oxidation sites excluding steroid dienone is 4. The molecule has 0 aromatic heterocycles. The zero-order chi connectivity index (χ0) is 43.2. The van der Waals surface area contributed by atoms with E-state index in [0.29, 0.717) is 12.8 Å². The number of carbonyl (C=O) groups is 2. The number of anilines is 1. The monoisotopic (exact) mass is 904 g/mol. The van der Waals surface area contributed by atoms with Crippen molar-refractivity contribution in [3.63, 3.8) is 0 Å². The first-order valence-electron chi connectivity index (χ1n) is 23.8. The number of unbranched alkanes of at least 4 members (excludes halogenated alkanes) is 16. The Bertz CT molecular complexity index is 2220. The standard InChI is InChI=1S/C55H72N2O4.BrH/c1-54(2)48(56(46-38-36-42-28-21-23-30-44(42)52(46)54)40-25-17-13-9-5-7-11-15-19-34-50(58)59)32-27-33-49-55(3,4)53-45-31-24-22-29-43(45)37-39-47(53)57(49)41-26-18-14-10-6-8-12-16-20-35-51(60)61;/h21-24,27-33,36-39H,5-20,25-26,34-35,40-41H2,1-4H3,(H-,58,59,60,61);1H. The number of carboxylic acid groups (broad SMARTS) is 2. The molecule has 4 aromatic carbocycles. The van der Waals surface area contributed by atoms with Gasteiger partial charge < -0.3 is 32.1 Å².